The Morgan fingerprint density at radius 3 is 2.69 bits per heavy atom. The quantitative estimate of drug-likeness (QED) is 0.831. The van der Waals surface area contributed by atoms with Crippen LogP contribution < -0.4 is 5.32 Å². The van der Waals surface area contributed by atoms with Crippen molar-refractivity contribution in [3.8, 4) is 0 Å². The lowest BCUT2D eigenvalue weighted by Crippen LogP contribution is -2.40. The van der Waals surface area contributed by atoms with E-state index in [9.17, 15) is 4.79 Å². The molecule has 0 unspecified atom stereocenters. The van der Waals surface area contributed by atoms with Crippen LogP contribution in [0.1, 0.15) is 12.0 Å². The largest absolute Gasteiger partial charge is 0.379 e. The molecule has 3 rings (SSSR count). The second-order valence-electron chi connectivity index (χ2n) is 6.39. The van der Waals surface area contributed by atoms with E-state index in [-0.39, 0.29) is 6.03 Å². The van der Waals surface area contributed by atoms with Crippen LogP contribution in [0.15, 0.2) is 54.9 Å². The van der Waals surface area contributed by atoms with Crippen molar-refractivity contribution in [2.45, 2.75) is 13.0 Å². The number of amides is 2. The van der Waals surface area contributed by atoms with Crippen molar-refractivity contribution in [3.05, 3.63) is 60.4 Å². The van der Waals surface area contributed by atoms with Crippen molar-refractivity contribution >= 4 is 11.7 Å². The molecular weight excluding hydrogens is 328 g/mol. The fraction of sp³-hybridized carbons (Fsp3) is 0.400. The van der Waals surface area contributed by atoms with Gasteiger partial charge in [-0.15, -0.1) is 0 Å². The predicted molar refractivity (Wildman–Crippen MR) is 102 cm³/mol. The molecule has 1 aromatic carbocycles. The van der Waals surface area contributed by atoms with Crippen LogP contribution >= 0.6 is 0 Å². The fourth-order valence-corrected chi connectivity index (χ4v) is 3.00. The van der Waals surface area contributed by atoms with Gasteiger partial charge in [-0.25, -0.2) is 4.79 Å². The van der Waals surface area contributed by atoms with E-state index in [4.69, 9.17) is 4.74 Å². The van der Waals surface area contributed by atoms with Gasteiger partial charge in [-0.3, -0.25) is 9.88 Å². The van der Waals surface area contributed by atoms with Crippen LogP contribution in [0.25, 0.3) is 0 Å². The summed E-state index contributed by atoms with van der Waals surface area (Å²) in [6.45, 7) is 5.77. The van der Waals surface area contributed by atoms with Gasteiger partial charge in [-0.1, -0.05) is 24.3 Å². The van der Waals surface area contributed by atoms with Gasteiger partial charge in [-0.2, -0.15) is 0 Å². The van der Waals surface area contributed by atoms with Gasteiger partial charge in [0, 0.05) is 50.8 Å². The first-order chi connectivity index (χ1) is 12.8. The number of pyridine rings is 1. The van der Waals surface area contributed by atoms with E-state index in [1.165, 1.54) is 0 Å². The van der Waals surface area contributed by atoms with Crippen LogP contribution in [-0.2, 0) is 11.3 Å². The molecule has 0 radical (unpaired) electrons. The Hall–Kier alpha value is -2.44. The highest BCUT2D eigenvalue weighted by molar-refractivity contribution is 5.89. The number of urea groups is 1. The topological polar surface area (TPSA) is 57.7 Å². The van der Waals surface area contributed by atoms with Crippen LogP contribution in [0.4, 0.5) is 10.5 Å². The van der Waals surface area contributed by atoms with Crippen molar-refractivity contribution in [2.24, 2.45) is 0 Å². The number of nitrogens with zero attached hydrogens (tertiary/aromatic N) is 3. The lowest BCUT2D eigenvalue weighted by Gasteiger charge is -2.28. The summed E-state index contributed by atoms with van der Waals surface area (Å²) in [4.78, 5) is 21.2. The van der Waals surface area contributed by atoms with E-state index in [1.54, 1.807) is 6.20 Å². The Labute approximate surface area is 154 Å². The molecule has 138 valence electrons. The summed E-state index contributed by atoms with van der Waals surface area (Å²) in [7, 11) is 0. The van der Waals surface area contributed by atoms with Crippen molar-refractivity contribution in [1.29, 1.82) is 0 Å². The molecule has 2 heterocycles. The highest BCUT2D eigenvalue weighted by Crippen LogP contribution is 2.10. The van der Waals surface area contributed by atoms with Gasteiger partial charge < -0.3 is 15.0 Å². The summed E-state index contributed by atoms with van der Waals surface area (Å²) in [5, 5.41) is 2.98. The SMILES string of the molecule is O=C(Nc1ccccc1)N(CCCN1CCOCC1)Cc1cccnc1. The molecule has 26 heavy (non-hydrogen) atoms. The average molecular weight is 354 g/mol. The fourth-order valence-electron chi connectivity index (χ4n) is 3.00. The van der Waals surface area contributed by atoms with E-state index >= 15 is 0 Å². The Balaban J connectivity index is 1.57. The standard InChI is InChI=1S/C20H26N4O2/c25-20(22-19-7-2-1-3-8-19)24(17-18-6-4-9-21-16-18)11-5-10-23-12-14-26-15-13-23/h1-4,6-9,16H,5,10-15,17H2,(H,22,25). The van der Waals surface area contributed by atoms with Gasteiger partial charge in [0.15, 0.2) is 0 Å². The molecule has 0 spiro atoms. The van der Waals surface area contributed by atoms with Crippen LogP contribution in [0.3, 0.4) is 0 Å². The Kier molecular flexibility index (Phi) is 6.98. The van der Waals surface area contributed by atoms with Gasteiger partial charge in [-0.05, 0) is 30.2 Å². The van der Waals surface area contributed by atoms with E-state index in [1.807, 2.05) is 53.6 Å². The molecule has 0 atom stereocenters. The second kappa shape index (κ2) is 9.89. The zero-order valence-electron chi connectivity index (χ0n) is 15.0. The third kappa shape index (κ3) is 5.82. The van der Waals surface area contributed by atoms with E-state index in [2.05, 4.69) is 15.2 Å². The molecule has 0 aliphatic carbocycles. The van der Waals surface area contributed by atoms with E-state index in [0.29, 0.717) is 13.1 Å². The first-order valence-electron chi connectivity index (χ1n) is 9.11. The summed E-state index contributed by atoms with van der Waals surface area (Å²) in [5.41, 5.74) is 1.84. The second-order valence-corrected chi connectivity index (χ2v) is 6.39. The molecule has 6 heteroatoms. The Bertz CT molecular complexity index is 660. The highest BCUT2D eigenvalue weighted by atomic mass is 16.5. The molecule has 6 nitrogen and oxygen atoms in total. The summed E-state index contributed by atoms with van der Waals surface area (Å²) in [6, 6.07) is 13.4. The number of rotatable bonds is 7. The zero-order chi connectivity index (χ0) is 18.0. The molecule has 1 saturated heterocycles. The van der Waals surface area contributed by atoms with Crippen LogP contribution in [0, 0.1) is 0 Å². The number of carbonyl (C=O) groups excluding carboxylic acids is 1. The smallest absolute Gasteiger partial charge is 0.322 e. The minimum atomic E-state index is -0.0815. The summed E-state index contributed by atoms with van der Waals surface area (Å²) in [5.74, 6) is 0. The molecule has 2 aromatic rings. The molecule has 0 saturated carbocycles. The lowest BCUT2D eigenvalue weighted by atomic mass is 10.2. The summed E-state index contributed by atoms with van der Waals surface area (Å²) >= 11 is 0. The van der Waals surface area contributed by atoms with Crippen LogP contribution in [-0.4, -0.2) is 60.2 Å². The number of aromatic nitrogens is 1. The van der Waals surface area contributed by atoms with E-state index < -0.39 is 0 Å². The number of hydrogen-bond acceptors (Lipinski definition) is 4. The van der Waals surface area contributed by atoms with Gasteiger partial charge in [0.1, 0.15) is 0 Å². The molecule has 0 bridgehead atoms. The van der Waals surface area contributed by atoms with Gasteiger partial charge >= 0.3 is 6.03 Å². The number of morpholine rings is 1. The van der Waals surface area contributed by atoms with Crippen molar-refractivity contribution in [1.82, 2.24) is 14.8 Å². The third-order valence-electron chi connectivity index (χ3n) is 4.41. The zero-order valence-corrected chi connectivity index (χ0v) is 15.0. The maximum atomic E-state index is 12.8. The average Bonchev–Trinajstić information content (AvgIpc) is 2.69. The monoisotopic (exact) mass is 354 g/mol. The number of carbonyl (C=O) groups is 1. The molecule has 1 aromatic heterocycles. The number of nitrogens with one attached hydrogen (secondary N) is 1. The van der Waals surface area contributed by atoms with Gasteiger partial charge in [0.2, 0.25) is 0 Å². The lowest BCUT2D eigenvalue weighted by molar-refractivity contribution is 0.0365. The van der Waals surface area contributed by atoms with Crippen molar-refractivity contribution in [3.63, 3.8) is 0 Å². The first-order valence-corrected chi connectivity index (χ1v) is 9.11. The molecule has 1 aliphatic heterocycles. The number of ether oxygens (including phenoxy) is 1. The number of benzene rings is 1. The molecule has 2 amide bonds. The van der Waals surface area contributed by atoms with Crippen LogP contribution in [0.2, 0.25) is 0 Å². The molecule has 1 aliphatic rings. The Morgan fingerprint density at radius 2 is 1.96 bits per heavy atom. The number of hydrogen-bond donors (Lipinski definition) is 1. The summed E-state index contributed by atoms with van der Waals surface area (Å²) in [6.07, 6.45) is 4.49. The van der Waals surface area contributed by atoms with Gasteiger partial charge in [0.25, 0.3) is 0 Å². The number of para-hydroxylation sites is 1. The molecular formula is C20H26N4O2. The predicted octanol–water partition coefficient (Wildman–Crippen LogP) is 2.84. The van der Waals surface area contributed by atoms with Crippen LogP contribution in [0.5, 0.6) is 0 Å². The maximum Gasteiger partial charge on any atom is 0.322 e. The first kappa shape index (κ1) is 18.4. The molecule has 1 N–H and O–H groups in total. The summed E-state index contributed by atoms with van der Waals surface area (Å²) < 4.78 is 5.39. The minimum absolute atomic E-state index is 0.0815. The highest BCUT2D eigenvalue weighted by Gasteiger charge is 2.16. The van der Waals surface area contributed by atoms with E-state index in [0.717, 1.165) is 50.5 Å². The van der Waals surface area contributed by atoms with Gasteiger partial charge in [0.05, 0.1) is 13.2 Å². The van der Waals surface area contributed by atoms with Crippen molar-refractivity contribution in [2.75, 3.05) is 44.7 Å². The minimum Gasteiger partial charge on any atom is -0.379 e. The van der Waals surface area contributed by atoms with Crippen molar-refractivity contribution < 1.29 is 9.53 Å². The normalized spacial score (nSPS) is 14.8. The Morgan fingerprint density at radius 1 is 1.15 bits per heavy atom. The molecule has 1 fully saturated rings. The number of anilines is 1. The third-order valence-corrected chi connectivity index (χ3v) is 4.41. The maximum absolute atomic E-state index is 12.8.